The van der Waals surface area contributed by atoms with Gasteiger partial charge in [-0.05, 0) is 36.4 Å². The molecule has 0 aliphatic carbocycles. The van der Waals surface area contributed by atoms with Crippen molar-refractivity contribution < 1.29 is 0 Å². The van der Waals surface area contributed by atoms with Gasteiger partial charge in [0.15, 0.2) is 0 Å². The van der Waals surface area contributed by atoms with Gasteiger partial charge in [0.2, 0.25) is 0 Å². The van der Waals surface area contributed by atoms with Crippen molar-refractivity contribution in [3.63, 3.8) is 0 Å². The van der Waals surface area contributed by atoms with E-state index in [4.69, 9.17) is 0 Å². The van der Waals surface area contributed by atoms with Gasteiger partial charge in [-0.25, -0.2) is 4.98 Å². The summed E-state index contributed by atoms with van der Waals surface area (Å²) in [7, 11) is 0. The molecule has 3 aromatic rings. The zero-order valence-electron chi connectivity index (χ0n) is 10.6. The lowest BCUT2D eigenvalue weighted by Gasteiger charge is -2.05. The normalized spacial score (nSPS) is 9.95. The molecule has 3 heterocycles. The lowest BCUT2D eigenvalue weighted by atomic mass is 10.1. The highest BCUT2D eigenvalue weighted by molar-refractivity contribution is 5.67. The fraction of sp³-hybridized carbons (Fsp3) is 0. The van der Waals surface area contributed by atoms with Gasteiger partial charge in [-0.3, -0.25) is 9.97 Å². The SMILES string of the molecule is N#Cc1cc(-c2cccnc2)nc(-c2cccnc2)c1. The zero-order chi connectivity index (χ0) is 13.8. The van der Waals surface area contributed by atoms with Crippen molar-refractivity contribution >= 4 is 0 Å². The Labute approximate surface area is 116 Å². The van der Waals surface area contributed by atoms with Crippen molar-refractivity contribution in [1.29, 1.82) is 5.26 Å². The van der Waals surface area contributed by atoms with E-state index < -0.39 is 0 Å². The van der Waals surface area contributed by atoms with E-state index in [0.717, 1.165) is 22.5 Å². The van der Waals surface area contributed by atoms with Crippen molar-refractivity contribution in [2.24, 2.45) is 0 Å². The van der Waals surface area contributed by atoms with Crippen molar-refractivity contribution in [3.05, 3.63) is 66.7 Å². The second-order valence-corrected chi connectivity index (χ2v) is 4.22. The lowest BCUT2D eigenvalue weighted by molar-refractivity contribution is 1.25. The van der Waals surface area contributed by atoms with Crippen LogP contribution in [-0.4, -0.2) is 15.0 Å². The van der Waals surface area contributed by atoms with Crippen LogP contribution < -0.4 is 0 Å². The standard InChI is InChI=1S/C16H10N4/c17-9-12-7-15(13-3-1-5-18-10-13)20-16(8-12)14-4-2-6-19-11-14/h1-8,10-11H. The van der Waals surface area contributed by atoms with Crippen molar-refractivity contribution in [2.45, 2.75) is 0 Å². The highest BCUT2D eigenvalue weighted by Gasteiger charge is 2.07. The molecule has 0 amide bonds. The van der Waals surface area contributed by atoms with E-state index in [2.05, 4.69) is 21.0 Å². The first kappa shape index (κ1) is 12.0. The van der Waals surface area contributed by atoms with Gasteiger partial charge >= 0.3 is 0 Å². The molecule has 0 radical (unpaired) electrons. The highest BCUT2D eigenvalue weighted by Crippen LogP contribution is 2.23. The molecule has 4 heteroatoms. The average molecular weight is 258 g/mol. The van der Waals surface area contributed by atoms with E-state index >= 15 is 0 Å². The van der Waals surface area contributed by atoms with Crippen molar-refractivity contribution in [1.82, 2.24) is 15.0 Å². The third kappa shape index (κ3) is 2.38. The number of nitrogens with zero attached hydrogens (tertiary/aromatic N) is 4. The first-order valence-electron chi connectivity index (χ1n) is 6.10. The summed E-state index contributed by atoms with van der Waals surface area (Å²) in [6.07, 6.45) is 6.88. The Morgan fingerprint density at radius 3 is 1.80 bits per heavy atom. The molecular formula is C16H10N4. The summed E-state index contributed by atoms with van der Waals surface area (Å²) in [5, 5.41) is 9.17. The summed E-state index contributed by atoms with van der Waals surface area (Å²) < 4.78 is 0. The monoisotopic (exact) mass is 258 g/mol. The summed E-state index contributed by atoms with van der Waals surface area (Å²) in [5.74, 6) is 0. The van der Waals surface area contributed by atoms with E-state index in [9.17, 15) is 5.26 Å². The van der Waals surface area contributed by atoms with Gasteiger partial charge in [0.25, 0.3) is 0 Å². The molecule has 0 bridgehead atoms. The Kier molecular flexibility index (Phi) is 3.17. The second kappa shape index (κ2) is 5.29. The predicted molar refractivity (Wildman–Crippen MR) is 75.4 cm³/mol. The van der Waals surface area contributed by atoms with Gasteiger partial charge in [0, 0.05) is 35.9 Å². The van der Waals surface area contributed by atoms with Gasteiger partial charge in [0.1, 0.15) is 0 Å². The molecule has 0 spiro atoms. The maximum Gasteiger partial charge on any atom is 0.0993 e. The van der Waals surface area contributed by atoms with Crippen LogP contribution in [0.25, 0.3) is 22.5 Å². The fourth-order valence-electron chi connectivity index (χ4n) is 1.92. The van der Waals surface area contributed by atoms with Crippen LogP contribution in [0.3, 0.4) is 0 Å². The topological polar surface area (TPSA) is 62.5 Å². The van der Waals surface area contributed by atoms with Gasteiger partial charge in [-0.2, -0.15) is 5.26 Å². The molecule has 3 aromatic heterocycles. The minimum Gasteiger partial charge on any atom is -0.264 e. The number of hydrogen-bond donors (Lipinski definition) is 0. The van der Waals surface area contributed by atoms with E-state index in [-0.39, 0.29) is 0 Å². The van der Waals surface area contributed by atoms with E-state index in [1.54, 1.807) is 36.9 Å². The molecule has 4 nitrogen and oxygen atoms in total. The summed E-state index contributed by atoms with van der Waals surface area (Å²) >= 11 is 0. The minimum absolute atomic E-state index is 0.567. The minimum atomic E-state index is 0.567. The average Bonchev–Trinajstić information content (AvgIpc) is 2.56. The summed E-state index contributed by atoms with van der Waals surface area (Å²) in [6.45, 7) is 0. The molecule has 0 aromatic carbocycles. The molecular weight excluding hydrogens is 248 g/mol. The molecule has 0 N–H and O–H groups in total. The Bertz CT molecular complexity index is 704. The van der Waals surface area contributed by atoms with Crippen LogP contribution in [-0.2, 0) is 0 Å². The molecule has 3 rings (SSSR count). The number of pyridine rings is 3. The largest absolute Gasteiger partial charge is 0.264 e. The Morgan fingerprint density at radius 1 is 0.850 bits per heavy atom. The molecule has 0 fully saturated rings. The van der Waals surface area contributed by atoms with Crippen LogP contribution in [0.5, 0.6) is 0 Å². The van der Waals surface area contributed by atoms with Crippen LogP contribution in [0.1, 0.15) is 5.56 Å². The summed E-state index contributed by atoms with van der Waals surface area (Å²) in [6, 6.07) is 13.2. The van der Waals surface area contributed by atoms with Crippen LogP contribution in [0, 0.1) is 11.3 Å². The third-order valence-corrected chi connectivity index (χ3v) is 2.87. The molecule has 0 unspecified atom stereocenters. The molecule has 0 saturated carbocycles. The van der Waals surface area contributed by atoms with E-state index in [1.165, 1.54) is 0 Å². The zero-order valence-corrected chi connectivity index (χ0v) is 10.6. The first-order valence-corrected chi connectivity index (χ1v) is 6.10. The maximum atomic E-state index is 9.17. The quantitative estimate of drug-likeness (QED) is 0.708. The van der Waals surface area contributed by atoms with Crippen molar-refractivity contribution in [3.8, 4) is 28.6 Å². The Morgan fingerprint density at radius 2 is 1.40 bits per heavy atom. The molecule has 0 atom stereocenters. The number of hydrogen-bond acceptors (Lipinski definition) is 4. The van der Waals surface area contributed by atoms with Gasteiger partial charge in [0.05, 0.1) is 23.0 Å². The number of rotatable bonds is 2. The molecule has 0 aliphatic rings. The van der Waals surface area contributed by atoms with Crippen LogP contribution in [0.15, 0.2) is 61.2 Å². The fourth-order valence-corrected chi connectivity index (χ4v) is 1.92. The molecule has 94 valence electrons. The Hall–Kier alpha value is -3.06. The molecule has 0 saturated heterocycles. The summed E-state index contributed by atoms with van der Waals surface area (Å²) in [5.41, 5.74) is 3.80. The highest BCUT2D eigenvalue weighted by atomic mass is 14.7. The molecule has 20 heavy (non-hydrogen) atoms. The first-order chi connectivity index (χ1) is 9.86. The molecule has 0 aliphatic heterocycles. The lowest BCUT2D eigenvalue weighted by Crippen LogP contribution is -1.91. The number of nitriles is 1. The van der Waals surface area contributed by atoms with Gasteiger partial charge < -0.3 is 0 Å². The smallest absolute Gasteiger partial charge is 0.0993 e. The van der Waals surface area contributed by atoms with Crippen LogP contribution in [0.4, 0.5) is 0 Å². The third-order valence-electron chi connectivity index (χ3n) is 2.87. The van der Waals surface area contributed by atoms with E-state index in [1.807, 2.05) is 24.3 Å². The van der Waals surface area contributed by atoms with Crippen LogP contribution in [0.2, 0.25) is 0 Å². The second-order valence-electron chi connectivity index (χ2n) is 4.22. The van der Waals surface area contributed by atoms with Crippen molar-refractivity contribution in [2.75, 3.05) is 0 Å². The maximum absolute atomic E-state index is 9.17. The van der Waals surface area contributed by atoms with E-state index in [0.29, 0.717) is 5.56 Å². The number of aromatic nitrogens is 3. The van der Waals surface area contributed by atoms with Gasteiger partial charge in [-0.15, -0.1) is 0 Å². The predicted octanol–water partition coefficient (Wildman–Crippen LogP) is 3.08. The summed E-state index contributed by atoms with van der Waals surface area (Å²) in [4.78, 5) is 12.8. The Balaban J connectivity index is 2.16. The van der Waals surface area contributed by atoms with Crippen LogP contribution >= 0.6 is 0 Å². The van der Waals surface area contributed by atoms with Gasteiger partial charge in [-0.1, -0.05) is 0 Å².